The molecule has 21 heavy (non-hydrogen) atoms. The third-order valence-electron chi connectivity index (χ3n) is 1.93. The predicted molar refractivity (Wildman–Crippen MR) is 67.1 cm³/mol. The van der Waals surface area contributed by atoms with Crippen molar-refractivity contribution in [1.29, 1.82) is 0 Å². The fourth-order valence-electron chi connectivity index (χ4n) is 1.04. The van der Waals surface area contributed by atoms with Crippen LogP contribution in [-0.4, -0.2) is 11.9 Å². The van der Waals surface area contributed by atoms with Gasteiger partial charge in [0.15, 0.2) is 0 Å². The van der Waals surface area contributed by atoms with Crippen LogP contribution in [0.5, 0.6) is 0 Å². The molecule has 10 heteroatoms. The van der Waals surface area contributed by atoms with Crippen molar-refractivity contribution in [3.8, 4) is 0 Å². The van der Waals surface area contributed by atoms with Gasteiger partial charge in [-0.1, -0.05) is 0 Å². The van der Waals surface area contributed by atoms with Gasteiger partial charge in [-0.25, -0.2) is 0 Å². The number of halogens is 6. The van der Waals surface area contributed by atoms with Crippen LogP contribution in [0, 0.1) is 32.7 Å². The number of hydrogen-bond donors (Lipinski definition) is 0. The van der Waals surface area contributed by atoms with E-state index in [0.717, 1.165) is 6.92 Å². The quantitative estimate of drug-likeness (QED) is 0.321. The Morgan fingerprint density at radius 3 is 1.71 bits per heavy atom. The van der Waals surface area contributed by atoms with Gasteiger partial charge in [-0.05, 0) is 0 Å². The molecule has 0 fully saturated rings. The van der Waals surface area contributed by atoms with E-state index in [4.69, 9.17) is 0 Å². The Morgan fingerprint density at radius 2 is 1.33 bits per heavy atom. The second kappa shape index (κ2) is 7.00. The first-order chi connectivity index (χ1) is 9.70. The van der Waals surface area contributed by atoms with Gasteiger partial charge in [0.2, 0.25) is 0 Å². The van der Waals surface area contributed by atoms with E-state index in [2.05, 4.69) is 6.13 Å². The average Bonchev–Trinajstić information content (AvgIpc) is 2.42. The van der Waals surface area contributed by atoms with Crippen LogP contribution < -0.4 is 0 Å². The molecule has 0 saturated carbocycles. The van der Waals surface area contributed by atoms with Crippen molar-refractivity contribution >= 4 is 32.6 Å². The first-order valence-corrected chi connectivity index (χ1v) is 8.16. The molecule has 0 aliphatic carbocycles. The Morgan fingerprint density at radius 1 is 0.905 bits per heavy atom. The summed E-state index contributed by atoms with van der Waals surface area (Å²) in [6.45, 7) is 2.18. The molecule has 0 aliphatic rings. The zero-order valence-corrected chi connectivity index (χ0v) is 12.8. The van der Waals surface area contributed by atoms with Crippen molar-refractivity contribution in [3.05, 3.63) is 32.7 Å². The molecule has 0 bridgehead atoms. The van der Waals surface area contributed by atoms with Gasteiger partial charge in [-0.2, -0.15) is 0 Å². The van der Waals surface area contributed by atoms with Gasteiger partial charge in [0.1, 0.15) is 0 Å². The number of rotatable bonds is 4. The number of hydrogen-bond acceptors (Lipinski definition) is 4. The van der Waals surface area contributed by atoms with Gasteiger partial charge in [0, 0.05) is 0 Å². The fraction of sp³-hybridized carbons (Fsp3) is 0.273. The van der Waals surface area contributed by atoms with Gasteiger partial charge in [-0.3, -0.25) is 0 Å². The molecule has 1 aromatic carbocycles. The number of benzene rings is 1. The summed E-state index contributed by atoms with van der Waals surface area (Å²) < 4.78 is 73.9. The summed E-state index contributed by atoms with van der Waals surface area (Å²) in [6.07, 6.45) is -0.232. The fourth-order valence-corrected chi connectivity index (χ4v) is 4.14. The van der Waals surface area contributed by atoms with Gasteiger partial charge in [0.25, 0.3) is 0 Å². The maximum absolute atomic E-state index is 13.6. The molecule has 0 spiro atoms. The van der Waals surface area contributed by atoms with Crippen molar-refractivity contribution in [3.63, 3.8) is 0 Å². The molecule has 0 atom stereocenters. The molecule has 1 rings (SSSR count). The van der Waals surface area contributed by atoms with E-state index in [1.54, 1.807) is 0 Å². The van der Waals surface area contributed by atoms with Crippen LogP contribution in [0.1, 0.15) is 20.3 Å². The Labute approximate surface area is 123 Å². The summed E-state index contributed by atoms with van der Waals surface area (Å²) in [7, 11) is 0. The monoisotopic (exact) mass is 426 g/mol. The average molecular weight is 426 g/mol. The number of carbonyl (C=O) groups is 2. The van der Waals surface area contributed by atoms with Crippen LogP contribution in [0.15, 0.2) is 0 Å². The van der Waals surface area contributed by atoms with E-state index in [0.29, 0.717) is 0 Å². The molecule has 0 radical (unpaired) electrons. The third-order valence-corrected chi connectivity index (χ3v) is 5.67. The van der Waals surface area contributed by atoms with Gasteiger partial charge >= 0.3 is 123 Å². The SMILES string of the molecule is CCC(=O)OI(OC(C)=O)c1c(F)c(F)c(F)c(F)c1F. The van der Waals surface area contributed by atoms with Gasteiger partial charge in [-0.15, -0.1) is 0 Å². The van der Waals surface area contributed by atoms with E-state index >= 15 is 0 Å². The summed E-state index contributed by atoms with van der Waals surface area (Å²) in [6, 6.07) is 0. The third kappa shape index (κ3) is 3.80. The van der Waals surface area contributed by atoms with E-state index in [1.807, 2.05) is 0 Å². The summed E-state index contributed by atoms with van der Waals surface area (Å²) >= 11 is -4.18. The van der Waals surface area contributed by atoms with Crippen molar-refractivity contribution in [2.45, 2.75) is 20.3 Å². The zero-order valence-electron chi connectivity index (χ0n) is 10.6. The predicted octanol–water partition coefficient (Wildman–Crippen LogP) is 3.40. The normalized spacial score (nSPS) is 11.1. The van der Waals surface area contributed by atoms with Crippen LogP contribution in [0.4, 0.5) is 22.0 Å². The van der Waals surface area contributed by atoms with Crippen LogP contribution in [0.2, 0.25) is 0 Å². The second-order valence-corrected chi connectivity index (χ2v) is 6.67. The summed E-state index contributed by atoms with van der Waals surface area (Å²) in [5, 5.41) is 0. The standard InChI is InChI=1S/C11H8F5IO4/c1-3-5(19)21-17(20-4(2)18)11-9(15)7(13)6(12)8(14)10(11)16/h3H2,1-2H3. The van der Waals surface area contributed by atoms with Gasteiger partial charge < -0.3 is 0 Å². The minimum absolute atomic E-state index is 0.232. The van der Waals surface area contributed by atoms with Crippen molar-refractivity contribution in [2.75, 3.05) is 0 Å². The summed E-state index contributed by atoms with van der Waals surface area (Å²) in [5.74, 6) is -13.2. The summed E-state index contributed by atoms with van der Waals surface area (Å²) in [5.41, 5.74) is 0. The molecule has 0 aliphatic heterocycles. The molecule has 0 amide bonds. The molecule has 0 saturated heterocycles. The van der Waals surface area contributed by atoms with Crippen LogP contribution in [0.25, 0.3) is 0 Å². The van der Waals surface area contributed by atoms with E-state index in [9.17, 15) is 31.5 Å². The molecule has 0 N–H and O–H groups in total. The zero-order chi connectivity index (χ0) is 16.3. The van der Waals surface area contributed by atoms with Crippen LogP contribution >= 0.6 is 20.6 Å². The first-order valence-electron chi connectivity index (χ1n) is 5.32. The molecule has 4 nitrogen and oxygen atoms in total. The van der Waals surface area contributed by atoms with Crippen LogP contribution in [0.3, 0.4) is 0 Å². The Balaban J connectivity index is 3.43. The van der Waals surface area contributed by atoms with E-state index < -0.39 is 65.2 Å². The first kappa shape index (κ1) is 17.6. The van der Waals surface area contributed by atoms with E-state index in [-0.39, 0.29) is 6.42 Å². The van der Waals surface area contributed by atoms with Crippen molar-refractivity contribution < 1.29 is 37.7 Å². The molecule has 0 heterocycles. The van der Waals surface area contributed by atoms with Crippen molar-refractivity contribution in [2.24, 2.45) is 0 Å². The Kier molecular flexibility index (Phi) is 5.87. The van der Waals surface area contributed by atoms with Crippen molar-refractivity contribution in [1.82, 2.24) is 0 Å². The summed E-state index contributed by atoms with van der Waals surface area (Å²) in [4.78, 5) is 22.0. The van der Waals surface area contributed by atoms with Crippen LogP contribution in [-0.2, 0) is 15.7 Å². The molecule has 1 aromatic rings. The molecular formula is C11H8F5IO4. The Hall–Kier alpha value is -1.46. The topological polar surface area (TPSA) is 52.6 Å². The molecular weight excluding hydrogens is 418 g/mol. The molecule has 118 valence electrons. The number of carbonyl (C=O) groups excluding carboxylic acids is 2. The minimum atomic E-state index is -4.18. The Bertz CT molecular complexity index is 563. The van der Waals surface area contributed by atoms with E-state index in [1.165, 1.54) is 6.92 Å². The molecule has 0 unspecified atom stereocenters. The maximum atomic E-state index is 13.6. The van der Waals surface area contributed by atoms with Gasteiger partial charge in [0.05, 0.1) is 0 Å². The second-order valence-electron chi connectivity index (χ2n) is 3.47. The molecule has 0 aromatic heterocycles.